The van der Waals surface area contributed by atoms with Gasteiger partial charge in [-0.1, -0.05) is 25.2 Å². The van der Waals surface area contributed by atoms with E-state index in [0.29, 0.717) is 16.8 Å². The average Bonchev–Trinajstić information content (AvgIpc) is 3.23. The van der Waals surface area contributed by atoms with Crippen LogP contribution in [0.3, 0.4) is 0 Å². The first-order valence-electron chi connectivity index (χ1n) is 8.16. The van der Waals surface area contributed by atoms with Crippen molar-refractivity contribution in [2.45, 2.75) is 42.6 Å². The summed E-state index contributed by atoms with van der Waals surface area (Å²) in [6.07, 6.45) is 5.36. The van der Waals surface area contributed by atoms with Crippen LogP contribution in [-0.2, 0) is 10.5 Å². The van der Waals surface area contributed by atoms with Gasteiger partial charge in [-0.2, -0.15) is 0 Å². The van der Waals surface area contributed by atoms with Crippen LogP contribution < -0.4 is 10.6 Å². The molecule has 24 heavy (non-hydrogen) atoms. The fourth-order valence-corrected chi connectivity index (χ4v) is 4.20. The van der Waals surface area contributed by atoms with Crippen LogP contribution in [-0.4, -0.2) is 29.0 Å². The number of thioether (sulfide) groups is 1. The number of anilines is 1. The van der Waals surface area contributed by atoms with E-state index in [1.807, 2.05) is 0 Å². The van der Waals surface area contributed by atoms with Gasteiger partial charge in [0.15, 0.2) is 5.13 Å². The number of thiazole rings is 1. The van der Waals surface area contributed by atoms with E-state index < -0.39 is 0 Å². The molecule has 8 heteroatoms. The Morgan fingerprint density at radius 1 is 1.42 bits per heavy atom. The Hall–Kier alpha value is -1.38. The lowest BCUT2D eigenvalue weighted by atomic mass is 9.97. The third-order valence-corrected chi connectivity index (χ3v) is 6.00. The Morgan fingerprint density at radius 3 is 2.92 bits per heavy atom. The van der Waals surface area contributed by atoms with Gasteiger partial charge in [0.1, 0.15) is 5.76 Å². The SMILES string of the molecule is CC(C)c1cnc(CSc2cnc(NC(=O)C3CCNCC3)s2)o1. The monoisotopic (exact) mass is 366 g/mol. The summed E-state index contributed by atoms with van der Waals surface area (Å²) in [6, 6.07) is 0. The average molecular weight is 367 g/mol. The summed E-state index contributed by atoms with van der Waals surface area (Å²) >= 11 is 3.11. The molecule has 0 saturated carbocycles. The highest BCUT2D eigenvalue weighted by atomic mass is 32.2. The smallest absolute Gasteiger partial charge is 0.229 e. The Bertz CT molecular complexity index is 677. The predicted octanol–water partition coefficient (Wildman–Crippen LogP) is 3.48. The zero-order valence-electron chi connectivity index (χ0n) is 13.9. The molecular formula is C16H22N4O2S2. The summed E-state index contributed by atoms with van der Waals surface area (Å²) < 4.78 is 6.74. The third-order valence-electron chi connectivity index (χ3n) is 3.90. The van der Waals surface area contributed by atoms with E-state index >= 15 is 0 Å². The van der Waals surface area contributed by atoms with Crippen LogP contribution in [0.5, 0.6) is 0 Å². The lowest BCUT2D eigenvalue weighted by Gasteiger charge is -2.20. The van der Waals surface area contributed by atoms with Crippen LogP contribution in [0.15, 0.2) is 21.0 Å². The van der Waals surface area contributed by atoms with E-state index in [4.69, 9.17) is 4.42 Å². The number of aromatic nitrogens is 2. The van der Waals surface area contributed by atoms with Gasteiger partial charge >= 0.3 is 0 Å². The second kappa shape index (κ2) is 8.13. The zero-order chi connectivity index (χ0) is 16.9. The molecule has 1 saturated heterocycles. The first-order valence-corrected chi connectivity index (χ1v) is 9.97. The number of amides is 1. The van der Waals surface area contributed by atoms with Gasteiger partial charge in [-0.25, -0.2) is 9.97 Å². The van der Waals surface area contributed by atoms with E-state index in [1.165, 1.54) is 11.3 Å². The van der Waals surface area contributed by atoms with Crippen LogP contribution in [0, 0.1) is 5.92 Å². The van der Waals surface area contributed by atoms with Crippen molar-refractivity contribution in [1.82, 2.24) is 15.3 Å². The van der Waals surface area contributed by atoms with Gasteiger partial charge in [0.2, 0.25) is 11.8 Å². The molecule has 1 aliphatic rings. The molecule has 2 aromatic heterocycles. The van der Waals surface area contributed by atoms with Crippen molar-refractivity contribution in [2.75, 3.05) is 18.4 Å². The van der Waals surface area contributed by atoms with E-state index in [0.717, 1.165) is 41.8 Å². The maximum absolute atomic E-state index is 12.2. The van der Waals surface area contributed by atoms with Crippen molar-refractivity contribution in [3.05, 3.63) is 24.0 Å². The molecule has 0 bridgehead atoms. The molecule has 0 aromatic carbocycles. The minimum Gasteiger partial charge on any atom is -0.445 e. The first-order chi connectivity index (χ1) is 11.6. The summed E-state index contributed by atoms with van der Waals surface area (Å²) in [5, 5.41) is 6.87. The number of carbonyl (C=O) groups is 1. The molecule has 3 heterocycles. The summed E-state index contributed by atoms with van der Waals surface area (Å²) in [5.74, 6) is 2.81. The largest absolute Gasteiger partial charge is 0.445 e. The molecule has 2 aromatic rings. The standard InChI is InChI=1S/C16H22N4O2S2/c1-10(2)12-7-18-13(22-12)9-23-14-8-19-16(24-14)20-15(21)11-3-5-17-6-4-11/h7-8,10-11,17H,3-6,9H2,1-2H3,(H,19,20,21). The molecule has 1 amide bonds. The van der Waals surface area contributed by atoms with Crippen LogP contribution in [0.2, 0.25) is 0 Å². The van der Waals surface area contributed by atoms with Crippen molar-refractivity contribution in [3.63, 3.8) is 0 Å². The molecule has 0 atom stereocenters. The minimum absolute atomic E-state index is 0.0803. The molecule has 1 aliphatic heterocycles. The van der Waals surface area contributed by atoms with Gasteiger partial charge in [0, 0.05) is 11.8 Å². The van der Waals surface area contributed by atoms with Crippen molar-refractivity contribution in [3.8, 4) is 0 Å². The third kappa shape index (κ3) is 4.58. The number of carbonyl (C=O) groups excluding carboxylic acids is 1. The minimum atomic E-state index is 0.0803. The number of hydrogen-bond acceptors (Lipinski definition) is 7. The van der Waals surface area contributed by atoms with Crippen LogP contribution in [0.1, 0.15) is 44.3 Å². The Morgan fingerprint density at radius 2 is 2.21 bits per heavy atom. The molecule has 1 fully saturated rings. The predicted molar refractivity (Wildman–Crippen MR) is 96.5 cm³/mol. The maximum Gasteiger partial charge on any atom is 0.229 e. The number of oxazole rings is 1. The second-order valence-corrected chi connectivity index (χ2v) is 8.40. The maximum atomic E-state index is 12.2. The Kier molecular flexibility index (Phi) is 5.91. The van der Waals surface area contributed by atoms with Gasteiger partial charge in [0.05, 0.1) is 22.4 Å². The molecule has 0 spiro atoms. The summed E-state index contributed by atoms with van der Waals surface area (Å²) in [5.41, 5.74) is 0. The van der Waals surface area contributed by atoms with Gasteiger partial charge in [-0.05, 0) is 25.9 Å². The van der Waals surface area contributed by atoms with Crippen molar-refractivity contribution < 1.29 is 9.21 Å². The van der Waals surface area contributed by atoms with Crippen LogP contribution >= 0.6 is 23.1 Å². The number of piperidine rings is 1. The van der Waals surface area contributed by atoms with Crippen molar-refractivity contribution >= 4 is 34.1 Å². The highest BCUT2D eigenvalue weighted by Crippen LogP contribution is 2.31. The van der Waals surface area contributed by atoms with E-state index in [-0.39, 0.29) is 11.8 Å². The zero-order valence-corrected chi connectivity index (χ0v) is 15.5. The fraction of sp³-hybridized carbons (Fsp3) is 0.562. The molecule has 0 aliphatic carbocycles. The number of nitrogens with one attached hydrogen (secondary N) is 2. The Balaban J connectivity index is 1.50. The lowest BCUT2D eigenvalue weighted by Crippen LogP contribution is -2.34. The van der Waals surface area contributed by atoms with E-state index in [1.54, 1.807) is 24.2 Å². The van der Waals surface area contributed by atoms with Gasteiger partial charge < -0.3 is 15.1 Å². The highest BCUT2D eigenvalue weighted by Gasteiger charge is 2.21. The van der Waals surface area contributed by atoms with Crippen molar-refractivity contribution in [1.29, 1.82) is 0 Å². The van der Waals surface area contributed by atoms with Crippen LogP contribution in [0.4, 0.5) is 5.13 Å². The fourth-order valence-electron chi connectivity index (χ4n) is 2.47. The van der Waals surface area contributed by atoms with Gasteiger partial charge in [-0.15, -0.1) is 11.8 Å². The number of nitrogens with zero attached hydrogens (tertiary/aromatic N) is 2. The van der Waals surface area contributed by atoms with Gasteiger partial charge in [-0.3, -0.25) is 4.79 Å². The summed E-state index contributed by atoms with van der Waals surface area (Å²) in [6.45, 7) is 5.98. The Labute approximate surface area is 149 Å². The molecule has 0 unspecified atom stereocenters. The molecule has 0 radical (unpaired) electrons. The van der Waals surface area contributed by atoms with E-state index in [9.17, 15) is 4.79 Å². The molecule has 3 rings (SSSR count). The number of rotatable bonds is 6. The molecule has 130 valence electrons. The lowest BCUT2D eigenvalue weighted by molar-refractivity contribution is -0.120. The van der Waals surface area contributed by atoms with E-state index in [2.05, 4.69) is 34.4 Å². The van der Waals surface area contributed by atoms with Gasteiger partial charge in [0.25, 0.3) is 0 Å². The number of hydrogen-bond donors (Lipinski definition) is 2. The topological polar surface area (TPSA) is 80.0 Å². The molecule has 2 N–H and O–H groups in total. The molecular weight excluding hydrogens is 344 g/mol. The van der Waals surface area contributed by atoms with Crippen LogP contribution in [0.25, 0.3) is 0 Å². The summed E-state index contributed by atoms with van der Waals surface area (Å²) in [7, 11) is 0. The first kappa shape index (κ1) is 17.4. The second-order valence-electron chi connectivity index (χ2n) is 6.10. The van der Waals surface area contributed by atoms with Crippen molar-refractivity contribution in [2.24, 2.45) is 5.92 Å². The summed E-state index contributed by atoms with van der Waals surface area (Å²) in [4.78, 5) is 20.8. The normalized spacial score (nSPS) is 15.8. The highest BCUT2D eigenvalue weighted by molar-refractivity contribution is 8.00. The quantitative estimate of drug-likeness (QED) is 0.762. The molecule has 6 nitrogen and oxygen atoms in total.